The van der Waals surface area contributed by atoms with E-state index in [9.17, 15) is 4.79 Å². The number of hydrogen-bond acceptors (Lipinski definition) is 4. The van der Waals surface area contributed by atoms with Crippen LogP contribution in [0.5, 0.6) is 0 Å². The molecule has 16 heavy (non-hydrogen) atoms. The van der Waals surface area contributed by atoms with E-state index in [2.05, 4.69) is 10.3 Å². The number of rotatable bonds is 4. The minimum absolute atomic E-state index is 0.341. The number of carbonyl (C=O) groups is 1. The molecule has 5 N–H and O–H groups in total. The second-order valence-corrected chi connectivity index (χ2v) is 4.47. The summed E-state index contributed by atoms with van der Waals surface area (Å²) in [6.07, 6.45) is 0. The van der Waals surface area contributed by atoms with Gasteiger partial charge in [0.05, 0.1) is 16.8 Å². The number of nitrogens with zero attached hydrogens (tertiary/aromatic N) is 1. The molecule has 0 bridgehead atoms. The van der Waals surface area contributed by atoms with Crippen LogP contribution in [0.4, 0.5) is 11.5 Å². The van der Waals surface area contributed by atoms with Crippen molar-refractivity contribution in [3.8, 4) is 0 Å². The van der Waals surface area contributed by atoms with Gasteiger partial charge in [-0.05, 0) is 32.9 Å². The fraction of sp³-hybridized carbons (Fsp3) is 0.455. The van der Waals surface area contributed by atoms with Gasteiger partial charge in [-0.15, -0.1) is 0 Å². The summed E-state index contributed by atoms with van der Waals surface area (Å²) in [7, 11) is 0. The third-order valence-electron chi connectivity index (χ3n) is 2.51. The Bertz CT molecular complexity index is 401. The predicted octanol–water partition coefficient (Wildman–Crippen LogP) is 0.896. The van der Waals surface area contributed by atoms with Crippen LogP contribution < -0.4 is 16.8 Å². The van der Waals surface area contributed by atoms with Gasteiger partial charge >= 0.3 is 0 Å². The fourth-order valence-electron chi connectivity index (χ4n) is 1.07. The van der Waals surface area contributed by atoms with Crippen molar-refractivity contribution >= 4 is 17.4 Å². The van der Waals surface area contributed by atoms with E-state index >= 15 is 0 Å². The lowest BCUT2D eigenvalue weighted by Crippen LogP contribution is -2.37. The number of nitrogens with two attached hydrogens (primary N) is 2. The summed E-state index contributed by atoms with van der Waals surface area (Å²) in [5.74, 6) is 0.355. The minimum Gasteiger partial charge on any atom is -0.397 e. The molecular formula is C11H18N4O. The number of carbonyl (C=O) groups excluding carboxylic acids is 1. The molecule has 5 heteroatoms. The quantitative estimate of drug-likeness (QED) is 0.705. The van der Waals surface area contributed by atoms with Crippen molar-refractivity contribution in [3.05, 3.63) is 17.8 Å². The highest BCUT2D eigenvalue weighted by molar-refractivity contribution is 5.80. The zero-order chi connectivity index (χ0) is 12.3. The van der Waals surface area contributed by atoms with Gasteiger partial charge in [0.25, 0.3) is 0 Å². The van der Waals surface area contributed by atoms with Crippen molar-refractivity contribution in [1.29, 1.82) is 0 Å². The smallest absolute Gasteiger partial charge is 0.224 e. The van der Waals surface area contributed by atoms with Gasteiger partial charge in [0.15, 0.2) is 0 Å². The molecule has 1 aromatic heterocycles. The number of primary amides is 1. The van der Waals surface area contributed by atoms with Gasteiger partial charge in [-0.1, -0.05) is 0 Å². The van der Waals surface area contributed by atoms with E-state index in [1.54, 1.807) is 26.0 Å². The third-order valence-corrected chi connectivity index (χ3v) is 2.51. The fourth-order valence-corrected chi connectivity index (χ4v) is 1.07. The molecule has 0 saturated carbocycles. The van der Waals surface area contributed by atoms with Crippen LogP contribution in [-0.2, 0) is 4.79 Å². The Balaban J connectivity index is 2.68. The van der Waals surface area contributed by atoms with Crippen LogP contribution in [0.15, 0.2) is 12.1 Å². The molecule has 0 radical (unpaired) electrons. The number of pyridine rings is 1. The molecule has 88 valence electrons. The van der Waals surface area contributed by atoms with Crippen LogP contribution in [0.3, 0.4) is 0 Å². The van der Waals surface area contributed by atoms with Crippen molar-refractivity contribution in [3.63, 3.8) is 0 Å². The number of aromatic nitrogens is 1. The van der Waals surface area contributed by atoms with Crippen LogP contribution in [0.25, 0.3) is 0 Å². The van der Waals surface area contributed by atoms with E-state index in [1.165, 1.54) is 0 Å². The molecule has 1 rings (SSSR count). The maximum Gasteiger partial charge on any atom is 0.224 e. The summed E-state index contributed by atoms with van der Waals surface area (Å²) in [4.78, 5) is 15.4. The molecule has 0 aliphatic rings. The van der Waals surface area contributed by atoms with Crippen LogP contribution in [-0.4, -0.2) is 17.4 Å². The first kappa shape index (κ1) is 12.3. The molecule has 0 saturated heterocycles. The number of aryl methyl sites for hydroxylation is 1. The molecule has 0 aliphatic heterocycles. The number of amides is 1. The van der Waals surface area contributed by atoms with E-state index in [0.717, 1.165) is 5.69 Å². The Morgan fingerprint density at radius 3 is 2.62 bits per heavy atom. The van der Waals surface area contributed by atoms with Crippen molar-refractivity contribution in [2.75, 3.05) is 17.6 Å². The number of hydrogen-bond donors (Lipinski definition) is 3. The number of nitrogens with one attached hydrogen (secondary N) is 1. The van der Waals surface area contributed by atoms with Crippen LogP contribution in [0, 0.1) is 12.3 Å². The Labute approximate surface area is 95.2 Å². The van der Waals surface area contributed by atoms with Gasteiger partial charge in [0.1, 0.15) is 5.82 Å². The lowest BCUT2D eigenvalue weighted by molar-refractivity contribution is -0.125. The van der Waals surface area contributed by atoms with E-state index < -0.39 is 5.41 Å². The second kappa shape index (κ2) is 4.38. The highest BCUT2D eigenvalue weighted by Crippen LogP contribution is 2.17. The van der Waals surface area contributed by atoms with Crippen molar-refractivity contribution in [1.82, 2.24) is 4.98 Å². The molecule has 1 aromatic rings. The summed E-state index contributed by atoms with van der Waals surface area (Å²) in [5.41, 5.74) is 11.7. The second-order valence-electron chi connectivity index (χ2n) is 4.47. The average molecular weight is 222 g/mol. The third kappa shape index (κ3) is 2.85. The SMILES string of the molecule is Cc1nc(NCC(C)(C)C(N)=O)ccc1N. The van der Waals surface area contributed by atoms with Gasteiger partial charge < -0.3 is 16.8 Å². The zero-order valence-corrected chi connectivity index (χ0v) is 9.87. The van der Waals surface area contributed by atoms with Gasteiger partial charge in [-0.3, -0.25) is 4.79 Å². The van der Waals surface area contributed by atoms with E-state index in [1.807, 2.05) is 6.92 Å². The first-order valence-corrected chi connectivity index (χ1v) is 5.10. The maximum atomic E-state index is 11.1. The molecule has 1 heterocycles. The van der Waals surface area contributed by atoms with Crippen LogP contribution in [0.2, 0.25) is 0 Å². The van der Waals surface area contributed by atoms with Crippen molar-refractivity contribution in [2.45, 2.75) is 20.8 Å². The zero-order valence-electron chi connectivity index (χ0n) is 9.87. The maximum absolute atomic E-state index is 11.1. The highest BCUT2D eigenvalue weighted by Gasteiger charge is 2.24. The van der Waals surface area contributed by atoms with E-state index in [0.29, 0.717) is 18.1 Å². The number of anilines is 2. The summed E-state index contributed by atoms with van der Waals surface area (Å²) >= 11 is 0. The first-order valence-electron chi connectivity index (χ1n) is 5.10. The Morgan fingerprint density at radius 2 is 2.12 bits per heavy atom. The number of nitrogen functional groups attached to an aromatic ring is 1. The molecule has 0 fully saturated rings. The molecule has 0 atom stereocenters. The van der Waals surface area contributed by atoms with Crippen molar-refractivity contribution in [2.24, 2.45) is 11.1 Å². The molecule has 0 spiro atoms. The Hall–Kier alpha value is -1.78. The van der Waals surface area contributed by atoms with Gasteiger partial charge in [0, 0.05) is 6.54 Å². The summed E-state index contributed by atoms with van der Waals surface area (Å²) in [5, 5.41) is 3.07. The lowest BCUT2D eigenvalue weighted by atomic mass is 9.93. The first-order chi connectivity index (χ1) is 7.33. The monoisotopic (exact) mass is 222 g/mol. The molecule has 5 nitrogen and oxygen atoms in total. The van der Waals surface area contributed by atoms with E-state index in [4.69, 9.17) is 11.5 Å². The van der Waals surface area contributed by atoms with E-state index in [-0.39, 0.29) is 5.91 Å². The summed E-state index contributed by atoms with van der Waals surface area (Å²) in [6.45, 7) is 5.84. The van der Waals surface area contributed by atoms with Crippen LogP contribution >= 0.6 is 0 Å². The summed E-state index contributed by atoms with van der Waals surface area (Å²) in [6, 6.07) is 3.56. The molecule has 1 amide bonds. The highest BCUT2D eigenvalue weighted by atomic mass is 16.1. The standard InChI is InChI=1S/C11H18N4O/c1-7-8(12)4-5-9(15-7)14-6-11(2,3)10(13)16/h4-5H,6,12H2,1-3H3,(H2,13,16)(H,14,15). The van der Waals surface area contributed by atoms with Crippen LogP contribution in [0.1, 0.15) is 19.5 Å². The topological polar surface area (TPSA) is 94.0 Å². The average Bonchev–Trinajstić information content (AvgIpc) is 2.20. The molecular weight excluding hydrogens is 204 g/mol. The molecule has 0 aliphatic carbocycles. The molecule has 0 unspecified atom stereocenters. The normalized spacial score (nSPS) is 11.2. The minimum atomic E-state index is -0.600. The van der Waals surface area contributed by atoms with Gasteiger partial charge in [-0.25, -0.2) is 4.98 Å². The Morgan fingerprint density at radius 1 is 1.50 bits per heavy atom. The largest absolute Gasteiger partial charge is 0.397 e. The lowest BCUT2D eigenvalue weighted by Gasteiger charge is -2.21. The molecule has 0 aromatic carbocycles. The predicted molar refractivity (Wildman–Crippen MR) is 64.9 cm³/mol. The van der Waals surface area contributed by atoms with Crippen molar-refractivity contribution < 1.29 is 4.79 Å². The van der Waals surface area contributed by atoms with Gasteiger partial charge in [0.2, 0.25) is 5.91 Å². The Kier molecular flexibility index (Phi) is 3.37. The van der Waals surface area contributed by atoms with Gasteiger partial charge in [-0.2, -0.15) is 0 Å². The summed E-state index contributed by atoms with van der Waals surface area (Å²) < 4.78 is 0.